The molecule has 0 saturated carbocycles. The summed E-state index contributed by atoms with van der Waals surface area (Å²) in [5.74, 6) is 1.58. The molecule has 0 bridgehead atoms. The van der Waals surface area contributed by atoms with Gasteiger partial charge in [-0.15, -0.1) is 0 Å². The van der Waals surface area contributed by atoms with Gasteiger partial charge in [-0.3, -0.25) is 4.90 Å². The minimum absolute atomic E-state index is 0.559. The van der Waals surface area contributed by atoms with E-state index >= 15 is 0 Å². The van der Waals surface area contributed by atoms with Crippen LogP contribution in [0.2, 0.25) is 0 Å². The molecule has 1 rings (SSSR count). The van der Waals surface area contributed by atoms with Gasteiger partial charge in [0.1, 0.15) is 5.82 Å². The molecule has 20 heavy (non-hydrogen) atoms. The molecule has 0 aromatic carbocycles. The SMILES string of the molecule is CCCNc1nccc(NCCN(C(C)C)C(C)C)n1. The molecule has 5 heteroatoms. The molecule has 0 aliphatic heterocycles. The van der Waals surface area contributed by atoms with Crippen molar-refractivity contribution in [3.63, 3.8) is 0 Å². The quantitative estimate of drug-likeness (QED) is 0.728. The molecule has 1 aromatic rings. The molecule has 0 unspecified atom stereocenters. The minimum Gasteiger partial charge on any atom is -0.369 e. The molecular weight excluding hydrogens is 250 g/mol. The number of anilines is 2. The molecule has 114 valence electrons. The topological polar surface area (TPSA) is 53.1 Å². The number of hydrogen-bond donors (Lipinski definition) is 2. The maximum atomic E-state index is 4.44. The maximum Gasteiger partial charge on any atom is 0.224 e. The first kappa shape index (κ1) is 16.7. The van der Waals surface area contributed by atoms with Crippen LogP contribution in [0.1, 0.15) is 41.0 Å². The Hall–Kier alpha value is -1.36. The molecule has 0 radical (unpaired) electrons. The van der Waals surface area contributed by atoms with Crippen molar-refractivity contribution in [3.8, 4) is 0 Å². The van der Waals surface area contributed by atoms with E-state index in [1.165, 1.54) is 0 Å². The molecule has 0 fully saturated rings. The van der Waals surface area contributed by atoms with Gasteiger partial charge in [-0.2, -0.15) is 4.98 Å². The summed E-state index contributed by atoms with van der Waals surface area (Å²) in [6, 6.07) is 3.03. The van der Waals surface area contributed by atoms with Crippen molar-refractivity contribution in [3.05, 3.63) is 12.3 Å². The molecule has 2 N–H and O–H groups in total. The second-order valence-electron chi connectivity index (χ2n) is 5.54. The smallest absolute Gasteiger partial charge is 0.224 e. The second-order valence-corrected chi connectivity index (χ2v) is 5.54. The fraction of sp³-hybridized carbons (Fsp3) is 0.733. The van der Waals surface area contributed by atoms with Gasteiger partial charge in [0.25, 0.3) is 0 Å². The van der Waals surface area contributed by atoms with E-state index in [4.69, 9.17) is 0 Å². The van der Waals surface area contributed by atoms with Crippen molar-refractivity contribution < 1.29 is 0 Å². The first-order valence-electron chi connectivity index (χ1n) is 7.61. The van der Waals surface area contributed by atoms with Gasteiger partial charge in [-0.05, 0) is 40.2 Å². The summed E-state index contributed by atoms with van der Waals surface area (Å²) >= 11 is 0. The fourth-order valence-corrected chi connectivity index (χ4v) is 2.20. The second kappa shape index (κ2) is 8.74. The highest BCUT2D eigenvalue weighted by atomic mass is 15.2. The third kappa shape index (κ3) is 5.74. The summed E-state index contributed by atoms with van der Waals surface area (Å²) in [6.07, 6.45) is 2.86. The Labute approximate surface area is 123 Å². The lowest BCUT2D eigenvalue weighted by atomic mass is 10.2. The van der Waals surface area contributed by atoms with Crippen LogP contribution in [0, 0.1) is 0 Å². The number of nitrogens with one attached hydrogen (secondary N) is 2. The van der Waals surface area contributed by atoms with Gasteiger partial charge in [0, 0.05) is 37.9 Å². The first-order valence-corrected chi connectivity index (χ1v) is 7.61. The molecule has 0 amide bonds. The van der Waals surface area contributed by atoms with Crippen LogP contribution in [0.25, 0.3) is 0 Å². The number of rotatable bonds is 9. The highest BCUT2D eigenvalue weighted by Crippen LogP contribution is 2.07. The summed E-state index contributed by atoms with van der Waals surface area (Å²) in [4.78, 5) is 11.1. The number of nitrogens with zero attached hydrogens (tertiary/aromatic N) is 3. The van der Waals surface area contributed by atoms with Crippen molar-refractivity contribution in [2.24, 2.45) is 0 Å². The number of hydrogen-bond acceptors (Lipinski definition) is 5. The maximum absolute atomic E-state index is 4.44. The lowest BCUT2D eigenvalue weighted by molar-refractivity contribution is 0.182. The highest BCUT2D eigenvalue weighted by Gasteiger charge is 2.12. The summed E-state index contributed by atoms with van der Waals surface area (Å²) < 4.78 is 0. The summed E-state index contributed by atoms with van der Waals surface area (Å²) in [5.41, 5.74) is 0. The van der Waals surface area contributed by atoms with Gasteiger partial charge in [-0.1, -0.05) is 6.92 Å². The number of aromatic nitrogens is 2. The Bertz CT molecular complexity index is 370. The molecule has 0 atom stereocenters. The molecule has 1 aromatic heterocycles. The Morgan fingerprint density at radius 1 is 1.10 bits per heavy atom. The zero-order valence-electron chi connectivity index (χ0n) is 13.5. The van der Waals surface area contributed by atoms with Crippen molar-refractivity contribution in [1.29, 1.82) is 0 Å². The monoisotopic (exact) mass is 279 g/mol. The van der Waals surface area contributed by atoms with Gasteiger partial charge >= 0.3 is 0 Å². The van der Waals surface area contributed by atoms with E-state index in [-0.39, 0.29) is 0 Å². The largest absolute Gasteiger partial charge is 0.369 e. The van der Waals surface area contributed by atoms with Crippen LogP contribution < -0.4 is 10.6 Å². The van der Waals surface area contributed by atoms with E-state index in [9.17, 15) is 0 Å². The fourth-order valence-electron chi connectivity index (χ4n) is 2.20. The van der Waals surface area contributed by atoms with E-state index in [0.29, 0.717) is 18.0 Å². The van der Waals surface area contributed by atoms with E-state index in [1.807, 2.05) is 6.07 Å². The lowest BCUT2D eigenvalue weighted by Crippen LogP contribution is -2.40. The van der Waals surface area contributed by atoms with Gasteiger partial charge in [0.05, 0.1) is 0 Å². The third-order valence-electron chi connectivity index (χ3n) is 3.19. The minimum atomic E-state index is 0.559. The predicted octanol–water partition coefficient (Wildman–Crippen LogP) is 2.83. The molecule has 0 saturated heterocycles. The first-order chi connectivity index (χ1) is 9.54. The summed E-state index contributed by atoms with van der Waals surface area (Å²) in [7, 11) is 0. The van der Waals surface area contributed by atoms with Crippen LogP contribution in [-0.2, 0) is 0 Å². The van der Waals surface area contributed by atoms with Gasteiger partial charge in [0.2, 0.25) is 5.95 Å². The van der Waals surface area contributed by atoms with E-state index in [0.717, 1.165) is 31.9 Å². The Morgan fingerprint density at radius 2 is 1.80 bits per heavy atom. The molecule has 1 heterocycles. The molecular formula is C15H29N5. The zero-order valence-corrected chi connectivity index (χ0v) is 13.5. The molecule has 0 aliphatic carbocycles. The van der Waals surface area contributed by atoms with Crippen LogP contribution in [-0.4, -0.2) is 46.6 Å². The average molecular weight is 279 g/mol. The molecule has 0 spiro atoms. The van der Waals surface area contributed by atoms with Crippen molar-refractivity contribution in [2.75, 3.05) is 30.3 Å². The van der Waals surface area contributed by atoms with Gasteiger partial charge < -0.3 is 10.6 Å². The van der Waals surface area contributed by atoms with Crippen LogP contribution >= 0.6 is 0 Å². The summed E-state index contributed by atoms with van der Waals surface area (Å²) in [6.45, 7) is 13.9. The molecule has 0 aliphatic rings. The van der Waals surface area contributed by atoms with Crippen LogP contribution in [0.4, 0.5) is 11.8 Å². The highest BCUT2D eigenvalue weighted by molar-refractivity contribution is 5.39. The summed E-state index contributed by atoms with van der Waals surface area (Å²) in [5, 5.41) is 6.57. The van der Waals surface area contributed by atoms with Crippen LogP contribution in [0.5, 0.6) is 0 Å². The standard InChI is InChI=1S/C15H29N5/c1-6-8-17-15-18-9-7-14(19-15)16-10-11-20(12(2)3)13(4)5/h7,9,12-13H,6,8,10-11H2,1-5H3,(H2,16,17,18,19). The molecule has 5 nitrogen and oxygen atoms in total. The van der Waals surface area contributed by atoms with Crippen molar-refractivity contribution in [1.82, 2.24) is 14.9 Å². The van der Waals surface area contributed by atoms with Crippen molar-refractivity contribution >= 4 is 11.8 Å². The zero-order chi connectivity index (χ0) is 15.0. The Morgan fingerprint density at radius 3 is 2.40 bits per heavy atom. The normalized spacial score (nSPS) is 11.4. The van der Waals surface area contributed by atoms with Crippen molar-refractivity contribution in [2.45, 2.75) is 53.1 Å². The Balaban J connectivity index is 2.45. The van der Waals surface area contributed by atoms with E-state index in [2.05, 4.69) is 60.1 Å². The lowest BCUT2D eigenvalue weighted by Gasteiger charge is -2.30. The van der Waals surface area contributed by atoms with Crippen LogP contribution in [0.3, 0.4) is 0 Å². The van der Waals surface area contributed by atoms with Crippen LogP contribution in [0.15, 0.2) is 12.3 Å². The van der Waals surface area contributed by atoms with E-state index < -0.39 is 0 Å². The van der Waals surface area contributed by atoms with Gasteiger partial charge in [0.15, 0.2) is 0 Å². The third-order valence-corrected chi connectivity index (χ3v) is 3.19. The van der Waals surface area contributed by atoms with Gasteiger partial charge in [-0.25, -0.2) is 4.98 Å². The van der Waals surface area contributed by atoms with E-state index in [1.54, 1.807) is 6.20 Å². The average Bonchev–Trinajstić information content (AvgIpc) is 2.41. The Kier molecular flexibility index (Phi) is 7.30. The predicted molar refractivity (Wildman–Crippen MR) is 86.3 cm³/mol.